The molecular formula is C22H44N2. The van der Waals surface area contributed by atoms with E-state index in [-0.39, 0.29) is 0 Å². The normalized spacial score (nSPS) is 22.2. The van der Waals surface area contributed by atoms with Crippen LogP contribution in [0.3, 0.4) is 0 Å². The van der Waals surface area contributed by atoms with Gasteiger partial charge in [0.1, 0.15) is 0 Å². The zero-order valence-corrected chi connectivity index (χ0v) is 16.8. The molecule has 0 N–H and O–H groups in total. The molecule has 0 amide bonds. The van der Waals surface area contributed by atoms with E-state index >= 15 is 0 Å². The van der Waals surface area contributed by atoms with E-state index < -0.39 is 0 Å². The van der Waals surface area contributed by atoms with Crippen LogP contribution in [0.5, 0.6) is 0 Å². The summed E-state index contributed by atoms with van der Waals surface area (Å²) < 4.78 is 0. The Morgan fingerprint density at radius 3 is 1.29 bits per heavy atom. The summed E-state index contributed by atoms with van der Waals surface area (Å²) in [5, 5.41) is 0. The van der Waals surface area contributed by atoms with Crippen molar-refractivity contribution in [3.63, 3.8) is 0 Å². The van der Waals surface area contributed by atoms with Gasteiger partial charge in [-0.15, -0.1) is 0 Å². The maximum atomic E-state index is 2.72. The molecule has 2 aliphatic heterocycles. The highest BCUT2D eigenvalue weighted by Crippen LogP contribution is 2.28. The first-order valence-electron chi connectivity index (χ1n) is 11.3. The molecular weight excluding hydrogens is 292 g/mol. The molecule has 0 saturated carbocycles. The molecule has 0 radical (unpaired) electrons. The molecule has 24 heavy (non-hydrogen) atoms. The minimum absolute atomic E-state index is 1.04. The summed E-state index contributed by atoms with van der Waals surface area (Å²) in [5.74, 6) is 2.07. The van der Waals surface area contributed by atoms with Crippen LogP contribution in [-0.2, 0) is 0 Å². The first kappa shape index (κ1) is 20.2. The molecule has 0 aromatic rings. The Bertz CT molecular complexity index is 258. The maximum Gasteiger partial charge on any atom is -0.00161 e. The van der Waals surface area contributed by atoms with Crippen molar-refractivity contribution in [2.45, 2.75) is 90.9 Å². The van der Waals surface area contributed by atoms with Gasteiger partial charge in [0.05, 0.1) is 0 Å². The monoisotopic (exact) mass is 336 g/mol. The number of rotatable bonds is 11. The molecule has 2 heterocycles. The van der Waals surface area contributed by atoms with Crippen molar-refractivity contribution in [3.8, 4) is 0 Å². The lowest BCUT2D eigenvalue weighted by atomic mass is 9.85. The molecule has 0 aliphatic carbocycles. The van der Waals surface area contributed by atoms with Gasteiger partial charge in [-0.3, -0.25) is 0 Å². The van der Waals surface area contributed by atoms with E-state index in [9.17, 15) is 0 Å². The van der Waals surface area contributed by atoms with Crippen LogP contribution in [0.15, 0.2) is 0 Å². The van der Waals surface area contributed by atoms with Crippen LogP contribution in [0.4, 0.5) is 0 Å². The van der Waals surface area contributed by atoms with Crippen LogP contribution >= 0.6 is 0 Å². The van der Waals surface area contributed by atoms with Crippen LogP contribution in [-0.4, -0.2) is 49.1 Å². The van der Waals surface area contributed by atoms with Crippen LogP contribution < -0.4 is 0 Å². The molecule has 0 atom stereocenters. The molecule has 2 aliphatic rings. The molecule has 0 spiro atoms. The number of nitrogens with zero attached hydrogens (tertiary/aromatic N) is 2. The highest BCUT2D eigenvalue weighted by Gasteiger charge is 2.22. The van der Waals surface area contributed by atoms with E-state index in [1.807, 2.05) is 0 Å². The number of hydrogen-bond donors (Lipinski definition) is 0. The minimum atomic E-state index is 1.04. The Balaban J connectivity index is 1.49. The van der Waals surface area contributed by atoms with Crippen LogP contribution in [0, 0.1) is 11.8 Å². The Hall–Kier alpha value is -0.0800. The molecule has 2 saturated heterocycles. The number of likely N-dealkylation sites (tertiary alicyclic amines) is 2. The standard InChI is InChI=1S/C22H44N2/c1-3-5-7-15-23-17-11-21(12-18-23)9-10-22-13-19-24(20-14-22)16-8-6-4-2/h21-22H,3-20H2,1-2H3. The van der Waals surface area contributed by atoms with Gasteiger partial charge in [0, 0.05) is 0 Å². The van der Waals surface area contributed by atoms with E-state index in [1.54, 1.807) is 0 Å². The zero-order valence-electron chi connectivity index (χ0n) is 16.8. The topological polar surface area (TPSA) is 6.48 Å². The molecule has 2 nitrogen and oxygen atoms in total. The summed E-state index contributed by atoms with van der Waals surface area (Å²) in [4.78, 5) is 5.45. The Morgan fingerprint density at radius 1 is 0.583 bits per heavy atom. The first-order chi connectivity index (χ1) is 11.8. The van der Waals surface area contributed by atoms with Crippen LogP contribution in [0.2, 0.25) is 0 Å². The predicted molar refractivity (Wildman–Crippen MR) is 107 cm³/mol. The van der Waals surface area contributed by atoms with E-state index in [0.717, 1.165) is 11.8 Å². The third-order valence-corrected chi connectivity index (χ3v) is 6.55. The zero-order chi connectivity index (χ0) is 17.0. The summed E-state index contributed by atoms with van der Waals surface area (Å²) in [6.45, 7) is 12.8. The van der Waals surface area contributed by atoms with Gasteiger partial charge in [0.15, 0.2) is 0 Å². The maximum absolute atomic E-state index is 2.72. The lowest BCUT2D eigenvalue weighted by molar-refractivity contribution is 0.150. The van der Waals surface area contributed by atoms with Crippen molar-refractivity contribution >= 4 is 0 Å². The third kappa shape index (κ3) is 7.87. The SMILES string of the molecule is CCCCCN1CCC(CCC2CCN(CCCCC)CC2)CC1. The smallest absolute Gasteiger partial charge is 0.00161 e. The second-order valence-electron chi connectivity index (χ2n) is 8.56. The average Bonchev–Trinajstić information content (AvgIpc) is 2.63. The lowest BCUT2D eigenvalue weighted by Crippen LogP contribution is -2.36. The van der Waals surface area contributed by atoms with Gasteiger partial charge in [-0.05, 0) is 89.6 Å². The van der Waals surface area contributed by atoms with E-state index in [4.69, 9.17) is 0 Å². The number of hydrogen-bond acceptors (Lipinski definition) is 2. The predicted octanol–water partition coefficient (Wildman–Crippen LogP) is 5.57. The fraction of sp³-hybridized carbons (Fsp3) is 1.00. The Labute approximate surface area is 152 Å². The van der Waals surface area contributed by atoms with Crippen molar-refractivity contribution in [1.82, 2.24) is 9.80 Å². The largest absolute Gasteiger partial charge is 0.303 e. The van der Waals surface area contributed by atoms with E-state index in [1.165, 1.54) is 116 Å². The Morgan fingerprint density at radius 2 is 0.958 bits per heavy atom. The average molecular weight is 337 g/mol. The third-order valence-electron chi connectivity index (χ3n) is 6.55. The Kier molecular flexibility index (Phi) is 10.4. The molecule has 2 rings (SSSR count). The van der Waals surface area contributed by atoms with Crippen molar-refractivity contribution in [1.29, 1.82) is 0 Å². The second-order valence-corrected chi connectivity index (χ2v) is 8.56. The molecule has 0 aromatic carbocycles. The summed E-state index contributed by atoms with van der Waals surface area (Å²) in [6.07, 6.45) is 17.3. The molecule has 0 bridgehead atoms. The summed E-state index contributed by atoms with van der Waals surface area (Å²) in [5.41, 5.74) is 0. The molecule has 142 valence electrons. The van der Waals surface area contributed by atoms with Crippen molar-refractivity contribution in [3.05, 3.63) is 0 Å². The summed E-state index contributed by atoms with van der Waals surface area (Å²) in [7, 11) is 0. The van der Waals surface area contributed by atoms with Crippen LogP contribution in [0.25, 0.3) is 0 Å². The highest BCUT2D eigenvalue weighted by molar-refractivity contribution is 4.76. The molecule has 0 aromatic heterocycles. The second kappa shape index (κ2) is 12.3. The van der Waals surface area contributed by atoms with Gasteiger partial charge >= 0.3 is 0 Å². The number of piperidine rings is 2. The van der Waals surface area contributed by atoms with Crippen molar-refractivity contribution in [2.24, 2.45) is 11.8 Å². The van der Waals surface area contributed by atoms with Gasteiger partial charge in [-0.25, -0.2) is 0 Å². The fourth-order valence-corrected chi connectivity index (χ4v) is 4.64. The highest BCUT2D eigenvalue weighted by atomic mass is 15.1. The molecule has 2 fully saturated rings. The summed E-state index contributed by atoms with van der Waals surface area (Å²) in [6, 6.07) is 0. The van der Waals surface area contributed by atoms with Crippen molar-refractivity contribution in [2.75, 3.05) is 39.3 Å². The number of unbranched alkanes of at least 4 members (excludes halogenated alkanes) is 4. The van der Waals surface area contributed by atoms with E-state index in [0.29, 0.717) is 0 Å². The van der Waals surface area contributed by atoms with E-state index in [2.05, 4.69) is 23.6 Å². The quantitative estimate of drug-likeness (QED) is 0.455. The molecule has 0 unspecified atom stereocenters. The first-order valence-corrected chi connectivity index (χ1v) is 11.3. The van der Waals surface area contributed by atoms with Crippen molar-refractivity contribution < 1.29 is 0 Å². The summed E-state index contributed by atoms with van der Waals surface area (Å²) >= 11 is 0. The lowest BCUT2D eigenvalue weighted by Gasteiger charge is -2.35. The van der Waals surface area contributed by atoms with Crippen LogP contribution in [0.1, 0.15) is 90.9 Å². The fourth-order valence-electron chi connectivity index (χ4n) is 4.64. The van der Waals surface area contributed by atoms with Gasteiger partial charge in [0.2, 0.25) is 0 Å². The van der Waals surface area contributed by atoms with Gasteiger partial charge in [0.25, 0.3) is 0 Å². The van der Waals surface area contributed by atoms with Gasteiger partial charge < -0.3 is 9.80 Å². The van der Waals surface area contributed by atoms with Gasteiger partial charge in [-0.1, -0.05) is 52.4 Å². The van der Waals surface area contributed by atoms with Gasteiger partial charge in [-0.2, -0.15) is 0 Å². The minimum Gasteiger partial charge on any atom is -0.303 e. The molecule has 2 heteroatoms.